The van der Waals surface area contributed by atoms with Crippen LogP contribution < -0.4 is 5.32 Å². The zero-order valence-corrected chi connectivity index (χ0v) is 13.5. The van der Waals surface area contributed by atoms with E-state index < -0.39 is 0 Å². The second kappa shape index (κ2) is 7.11. The van der Waals surface area contributed by atoms with E-state index in [1.807, 2.05) is 0 Å². The summed E-state index contributed by atoms with van der Waals surface area (Å²) >= 11 is 0. The lowest BCUT2D eigenvalue weighted by molar-refractivity contribution is -0.140. The quantitative estimate of drug-likeness (QED) is 0.839. The van der Waals surface area contributed by atoms with Gasteiger partial charge in [0.25, 0.3) is 0 Å². The maximum atomic E-state index is 13.1. The number of imide groups is 1. The number of nitrogens with zero attached hydrogens (tertiary/aromatic N) is 1. The fourth-order valence-electron chi connectivity index (χ4n) is 3.60. The molecule has 128 valence electrons. The lowest BCUT2D eigenvalue weighted by Crippen LogP contribution is -2.35. The highest BCUT2D eigenvalue weighted by atomic mass is 19.1. The van der Waals surface area contributed by atoms with Crippen molar-refractivity contribution in [2.75, 3.05) is 6.54 Å². The molecule has 2 atom stereocenters. The molecule has 6 heteroatoms. The number of nitrogens with one attached hydrogen (secondary N) is 1. The Morgan fingerprint density at radius 2 is 1.83 bits per heavy atom. The maximum Gasteiger partial charge on any atom is 0.233 e. The van der Waals surface area contributed by atoms with Gasteiger partial charge in [0.05, 0.1) is 11.8 Å². The molecule has 0 radical (unpaired) electrons. The molecule has 1 N–H and O–H groups in total. The number of hydrogen-bond donors (Lipinski definition) is 1. The minimum Gasteiger partial charge on any atom is -0.352 e. The molecule has 1 aromatic rings. The average molecular weight is 332 g/mol. The van der Waals surface area contributed by atoms with E-state index in [2.05, 4.69) is 5.32 Å². The standard InChI is InChI=1S/C18H21FN2O3/c19-13-5-3-4-12(10-13)11-20-16(22)8-9-21-17(23)14-6-1-2-7-15(14)18(21)24/h3-5,10,14-15H,1-2,6-9,11H2,(H,20,22). The van der Waals surface area contributed by atoms with E-state index in [0.717, 1.165) is 25.7 Å². The summed E-state index contributed by atoms with van der Waals surface area (Å²) in [5.74, 6) is -1.21. The Labute approximate surface area is 140 Å². The van der Waals surface area contributed by atoms with Crippen LogP contribution in [-0.2, 0) is 20.9 Å². The molecule has 3 amide bonds. The number of amides is 3. The third-order valence-corrected chi connectivity index (χ3v) is 4.87. The highest BCUT2D eigenvalue weighted by molar-refractivity contribution is 6.05. The average Bonchev–Trinajstić information content (AvgIpc) is 2.83. The molecule has 0 aromatic heterocycles. The normalized spacial score (nSPS) is 23.3. The van der Waals surface area contributed by atoms with Gasteiger partial charge >= 0.3 is 0 Å². The van der Waals surface area contributed by atoms with Crippen LogP contribution in [0, 0.1) is 17.7 Å². The number of hydrogen-bond acceptors (Lipinski definition) is 3. The van der Waals surface area contributed by atoms with Gasteiger partial charge in [0.1, 0.15) is 5.82 Å². The first kappa shape index (κ1) is 16.6. The molecule has 1 heterocycles. The summed E-state index contributed by atoms with van der Waals surface area (Å²) in [6.45, 7) is 0.351. The van der Waals surface area contributed by atoms with Gasteiger partial charge in [-0.25, -0.2) is 4.39 Å². The molecule has 2 unspecified atom stereocenters. The monoisotopic (exact) mass is 332 g/mol. The fraction of sp³-hybridized carbons (Fsp3) is 0.500. The third-order valence-electron chi connectivity index (χ3n) is 4.87. The molecule has 0 spiro atoms. The molecule has 1 saturated carbocycles. The Bertz CT molecular complexity index is 637. The van der Waals surface area contributed by atoms with Crippen LogP contribution >= 0.6 is 0 Å². The van der Waals surface area contributed by atoms with Gasteiger partial charge in [0.2, 0.25) is 17.7 Å². The maximum absolute atomic E-state index is 13.1. The predicted molar refractivity (Wildman–Crippen MR) is 85.0 cm³/mol. The van der Waals surface area contributed by atoms with Gasteiger partial charge in [-0.05, 0) is 30.5 Å². The summed E-state index contributed by atoms with van der Waals surface area (Å²) < 4.78 is 13.1. The Hall–Kier alpha value is -2.24. The van der Waals surface area contributed by atoms with Crippen LogP contribution in [0.5, 0.6) is 0 Å². The molecule has 1 aliphatic heterocycles. The van der Waals surface area contributed by atoms with Gasteiger partial charge in [-0.15, -0.1) is 0 Å². The van der Waals surface area contributed by atoms with Gasteiger partial charge < -0.3 is 5.32 Å². The van der Waals surface area contributed by atoms with Crippen LogP contribution in [0.3, 0.4) is 0 Å². The Morgan fingerprint density at radius 3 is 2.46 bits per heavy atom. The van der Waals surface area contributed by atoms with Crippen LogP contribution in [0.2, 0.25) is 0 Å². The van der Waals surface area contributed by atoms with Crippen LogP contribution in [-0.4, -0.2) is 29.2 Å². The van der Waals surface area contributed by atoms with Crippen molar-refractivity contribution in [3.05, 3.63) is 35.6 Å². The number of carbonyl (C=O) groups excluding carboxylic acids is 3. The third kappa shape index (κ3) is 3.47. The molecule has 2 aliphatic rings. The second-order valence-corrected chi connectivity index (χ2v) is 6.48. The van der Waals surface area contributed by atoms with E-state index in [1.54, 1.807) is 12.1 Å². The lowest BCUT2D eigenvalue weighted by atomic mass is 9.81. The van der Waals surface area contributed by atoms with Gasteiger partial charge in [0.15, 0.2) is 0 Å². The Balaban J connectivity index is 1.49. The van der Waals surface area contributed by atoms with E-state index in [9.17, 15) is 18.8 Å². The van der Waals surface area contributed by atoms with Gasteiger partial charge in [0, 0.05) is 19.5 Å². The summed E-state index contributed by atoms with van der Waals surface area (Å²) in [6, 6.07) is 6.01. The zero-order valence-electron chi connectivity index (χ0n) is 13.5. The number of rotatable bonds is 5. The Kier molecular flexibility index (Phi) is 4.92. The summed E-state index contributed by atoms with van der Waals surface area (Å²) in [6.07, 6.45) is 3.60. The summed E-state index contributed by atoms with van der Waals surface area (Å²) in [4.78, 5) is 37.8. The number of likely N-dealkylation sites (tertiary alicyclic amines) is 1. The topological polar surface area (TPSA) is 66.5 Å². The van der Waals surface area contributed by atoms with Crippen molar-refractivity contribution >= 4 is 17.7 Å². The second-order valence-electron chi connectivity index (χ2n) is 6.48. The molecular weight excluding hydrogens is 311 g/mol. The van der Waals surface area contributed by atoms with Crippen molar-refractivity contribution in [1.82, 2.24) is 10.2 Å². The molecule has 1 aliphatic carbocycles. The van der Waals surface area contributed by atoms with Crippen LogP contribution in [0.4, 0.5) is 4.39 Å². The smallest absolute Gasteiger partial charge is 0.233 e. The first-order valence-corrected chi connectivity index (χ1v) is 8.42. The molecule has 0 bridgehead atoms. The summed E-state index contributed by atoms with van der Waals surface area (Å²) in [5, 5.41) is 2.69. The SMILES string of the molecule is O=C(CCN1C(=O)C2CCCCC2C1=O)NCc1cccc(F)c1. The van der Waals surface area contributed by atoms with Crippen molar-refractivity contribution in [1.29, 1.82) is 0 Å². The van der Waals surface area contributed by atoms with Crippen molar-refractivity contribution in [2.24, 2.45) is 11.8 Å². The molecular formula is C18H21FN2O3. The van der Waals surface area contributed by atoms with Crippen molar-refractivity contribution in [3.63, 3.8) is 0 Å². The van der Waals surface area contributed by atoms with Crippen LogP contribution in [0.25, 0.3) is 0 Å². The van der Waals surface area contributed by atoms with E-state index >= 15 is 0 Å². The highest BCUT2D eigenvalue weighted by Gasteiger charge is 2.47. The van der Waals surface area contributed by atoms with E-state index in [0.29, 0.717) is 5.56 Å². The minimum atomic E-state index is -0.349. The first-order valence-electron chi connectivity index (χ1n) is 8.42. The highest BCUT2D eigenvalue weighted by Crippen LogP contribution is 2.37. The van der Waals surface area contributed by atoms with Gasteiger partial charge in [-0.1, -0.05) is 25.0 Å². The molecule has 1 saturated heterocycles. The number of benzene rings is 1. The largest absolute Gasteiger partial charge is 0.352 e. The van der Waals surface area contributed by atoms with Crippen molar-refractivity contribution < 1.29 is 18.8 Å². The number of carbonyl (C=O) groups is 3. The molecule has 3 rings (SSSR count). The Morgan fingerprint density at radius 1 is 1.17 bits per heavy atom. The minimum absolute atomic E-state index is 0.0756. The van der Waals surface area contributed by atoms with E-state index in [1.165, 1.54) is 17.0 Å². The number of fused-ring (bicyclic) bond motifs is 1. The molecule has 2 fully saturated rings. The summed E-state index contributed by atoms with van der Waals surface area (Å²) in [5.41, 5.74) is 0.669. The predicted octanol–water partition coefficient (Wildman–Crippen LogP) is 2.01. The molecule has 24 heavy (non-hydrogen) atoms. The first-order chi connectivity index (χ1) is 11.6. The van der Waals surface area contributed by atoms with Crippen LogP contribution in [0.15, 0.2) is 24.3 Å². The lowest BCUT2D eigenvalue weighted by Gasteiger charge is -2.19. The zero-order chi connectivity index (χ0) is 17.1. The number of halogens is 1. The molecule has 1 aromatic carbocycles. The fourth-order valence-corrected chi connectivity index (χ4v) is 3.60. The molecule has 5 nitrogen and oxygen atoms in total. The van der Waals surface area contributed by atoms with E-state index in [-0.39, 0.29) is 54.9 Å². The van der Waals surface area contributed by atoms with Crippen molar-refractivity contribution in [3.8, 4) is 0 Å². The van der Waals surface area contributed by atoms with Gasteiger partial charge in [-0.3, -0.25) is 19.3 Å². The summed E-state index contributed by atoms with van der Waals surface area (Å²) in [7, 11) is 0. The van der Waals surface area contributed by atoms with Crippen LogP contribution in [0.1, 0.15) is 37.7 Å². The van der Waals surface area contributed by atoms with E-state index in [4.69, 9.17) is 0 Å². The van der Waals surface area contributed by atoms with Gasteiger partial charge in [-0.2, -0.15) is 0 Å². The van der Waals surface area contributed by atoms with Crippen molar-refractivity contribution in [2.45, 2.75) is 38.6 Å².